The van der Waals surface area contributed by atoms with E-state index in [1.807, 2.05) is 0 Å². The summed E-state index contributed by atoms with van der Waals surface area (Å²) in [6.45, 7) is 0. The van der Waals surface area contributed by atoms with Crippen LogP contribution in [0.4, 0.5) is 0 Å². The van der Waals surface area contributed by atoms with Crippen LogP contribution in [0.5, 0.6) is 0 Å². The quantitative estimate of drug-likeness (QED) is 0.710. The van der Waals surface area contributed by atoms with E-state index in [1.165, 1.54) is 12.1 Å². The van der Waals surface area contributed by atoms with Crippen molar-refractivity contribution in [3.63, 3.8) is 0 Å². The number of nitrogens with zero attached hydrogens (tertiary/aromatic N) is 3. The van der Waals surface area contributed by atoms with Crippen LogP contribution in [0.2, 0.25) is 0 Å². The minimum absolute atomic E-state index is 0.118. The molecule has 0 amide bonds. The molecule has 7 heteroatoms. The number of nitrogens with two attached hydrogens (primary N) is 1. The SMILES string of the molecule is N#CC1=C(N)c2c(c3ccccc3oc2=O)C(C#N)(C#N)C1=O. The first-order valence-electron chi connectivity index (χ1n) is 6.35. The fourth-order valence-corrected chi connectivity index (χ4v) is 2.68. The van der Waals surface area contributed by atoms with Crippen LogP contribution in [0.1, 0.15) is 11.1 Å². The van der Waals surface area contributed by atoms with Gasteiger partial charge in [0.2, 0.25) is 11.2 Å². The molecule has 1 aliphatic carbocycles. The molecule has 2 N–H and O–H groups in total. The van der Waals surface area contributed by atoms with Crippen LogP contribution >= 0.6 is 0 Å². The summed E-state index contributed by atoms with van der Waals surface area (Å²) in [4.78, 5) is 24.8. The molecule has 2 aromatic rings. The van der Waals surface area contributed by atoms with Crippen molar-refractivity contribution in [1.82, 2.24) is 0 Å². The first-order chi connectivity index (χ1) is 11.0. The van der Waals surface area contributed by atoms with Crippen molar-refractivity contribution in [2.75, 3.05) is 0 Å². The summed E-state index contributed by atoms with van der Waals surface area (Å²) < 4.78 is 5.13. The Morgan fingerprint density at radius 2 is 1.74 bits per heavy atom. The molecular weight excluding hydrogens is 296 g/mol. The van der Waals surface area contributed by atoms with Crippen LogP contribution in [0, 0.1) is 34.0 Å². The molecule has 0 unspecified atom stereocenters. The summed E-state index contributed by atoms with van der Waals surface area (Å²) in [5.41, 5.74) is 1.26. The van der Waals surface area contributed by atoms with Gasteiger partial charge < -0.3 is 10.2 Å². The van der Waals surface area contributed by atoms with Crippen LogP contribution in [0.3, 0.4) is 0 Å². The van der Waals surface area contributed by atoms with Gasteiger partial charge in [-0.1, -0.05) is 18.2 Å². The maximum Gasteiger partial charge on any atom is 0.346 e. The topological polar surface area (TPSA) is 145 Å². The number of Topliss-reactive ketones (excluding diaryl/α,β-unsaturated/α-hetero) is 1. The summed E-state index contributed by atoms with van der Waals surface area (Å²) in [5, 5.41) is 28.4. The number of benzene rings is 1. The predicted octanol–water partition coefficient (Wildman–Crippen LogP) is 0.854. The van der Waals surface area contributed by atoms with Crippen LogP contribution < -0.4 is 11.4 Å². The third-order valence-corrected chi connectivity index (χ3v) is 3.74. The third kappa shape index (κ3) is 1.55. The van der Waals surface area contributed by atoms with Crippen LogP contribution in [-0.4, -0.2) is 5.78 Å². The summed E-state index contributed by atoms with van der Waals surface area (Å²) in [6, 6.07) is 11.0. The van der Waals surface area contributed by atoms with Crippen molar-refractivity contribution < 1.29 is 9.21 Å². The second-order valence-electron chi connectivity index (χ2n) is 4.84. The van der Waals surface area contributed by atoms with Gasteiger partial charge in [-0.2, -0.15) is 15.8 Å². The lowest BCUT2D eigenvalue weighted by Gasteiger charge is -2.26. The van der Waals surface area contributed by atoms with E-state index in [0.717, 1.165) is 0 Å². The summed E-state index contributed by atoms with van der Waals surface area (Å²) in [5.74, 6) is -1.04. The molecule has 0 bridgehead atoms. The van der Waals surface area contributed by atoms with Crippen molar-refractivity contribution in [3.05, 3.63) is 51.4 Å². The molecule has 1 aliphatic rings. The Labute approximate surface area is 129 Å². The van der Waals surface area contributed by atoms with Crippen molar-refractivity contribution >= 4 is 22.4 Å². The van der Waals surface area contributed by atoms with E-state index >= 15 is 0 Å². The number of carbonyl (C=O) groups excluding carboxylic acids is 1. The summed E-state index contributed by atoms with van der Waals surface area (Å²) >= 11 is 0. The Morgan fingerprint density at radius 1 is 1.09 bits per heavy atom. The number of allylic oxidation sites excluding steroid dienone is 1. The monoisotopic (exact) mass is 302 g/mol. The first kappa shape index (κ1) is 14.1. The predicted molar refractivity (Wildman–Crippen MR) is 77.1 cm³/mol. The van der Waals surface area contributed by atoms with E-state index in [2.05, 4.69) is 0 Å². The van der Waals surface area contributed by atoms with E-state index in [4.69, 9.17) is 15.4 Å². The number of para-hydroxylation sites is 1. The molecule has 108 valence electrons. The van der Waals surface area contributed by atoms with Gasteiger partial charge in [0, 0.05) is 10.9 Å². The molecular formula is C16H6N4O3. The zero-order valence-corrected chi connectivity index (χ0v) is 11.5. The lowest BCUT2D eigenvalue weighted by molar-refractivity contribution is -0.117. The molecule has 1 heterocycles. The summed E-state index contributed by atoms with van der Waals surface area (Å²) in [7, 11) is 0. The highest BCUT2D eigenvalue weighted by Crippen LogP contribution is 2.40. The fourth-order valence-electron chi connectivity index (χ4n) is 2.68. The minimum Gasteiger partial charge on any atom is -0.422 e. The van der Waals surface area contributed by atoms with Gasteiger partial charge in [-0.3, -0.25) is 4.79 Å². The number of carbonyl (C=O) groups is 1. The Balaban J connectivity index is 2.70. The maximum absolute atomic E-state index is 12.5. The number of nitriles is 3. The van der Waals surface area contributed by atoms with Crippen molar-refractivity contribution in [2.24, 2.45) is 5.73 Å². The highest BCUT2D eigenvalue weighted by Gasteiger charge is 2.51. The number of ketones is 1. The van der Waals surface area contributed by atoms with Gasteiger partial charge in [-0.25, -0.2) is 4.79 Å². The van der Waals surface area contributed by atoms with Gasteiger partial charge in [0.05, 0.1) is 23.4 Å². The van der Waals surface area contributed by atoms with E-state index in [-0.39, 0.29) is 27.8 Å². The van der Waals surface area contributed by atoms with Gasteiger partial charge in [0.1, 0.15) is 17.2 Å². The third-order valence-electron chi connectivity index (χ3n) is 3.74. The van der Waals surface area contributed by atoms with E-state index in [1.54, 1.807) is 30.3 Å². The molecule has 23 heavy (non-hydrogen) atoms. The zero-order valence-electron chi connectivity index (χ0n) is 11.5. The van der Waals surface area contributed by atoms with Gasteiger partial charge >= 0.3 is 5.63 Å². The molecule has 0 spiro atoms. The van der Waals surface area contributed by atoms with Crippen molar-refractivity contribution in [2.45, 2.75) is 5.41 Å². The molecule has 0 saturated heterocycles. The van der Waals surface area contributed by atoms with E-state index < -0.39 is 22.4 Å². The average molecular weight is 302 g/mol. The summed E-state index contributed by atoms with van der Waals surface area (Å²) in [6.07, 6.45) is 0. The first-order valence-corrected chi connectivity index (χ1v) is 6.35. The average Bonchev–Trinajstić information content (AvgIpc) is 2.56. The second-order valence-corrected chi connectivity index (χ2v) is 4.84. The van der Waals surface area contributed by atoms with E-state index in [9.17, 15) is 20.1 Å². The Bertz CT molecular complexity index is 1090. The molecule has 0 fully saturated rings. The number of hydrogen-bond donors (Lipinski definition) is 1. The van der Waals surface area contributed by atoms with E-state index in [0.29, 0.717) is 0 Å². The van der Waals surface area contributed by atoms with Gasteiger partial charge in [-0.05, 0) is 6.07 Å². The highest BCUT2D eigenvalue weighted by atomic mass is 16.4. The molecule has 0 aliphatic heterocycles. The zero-order chi connectivity index (χ0) is 16.8. The largest absolute Gasteiger partial charge is 0.422 e. The molecule has 0 atom stereocenters. The van der Waals surface area contributed by atoms with Crippen LogP contribution in [0.15, 0.2) is 39.1 Å². The Morgan fingerprint density at radius 3 is 2.35 bits per heavy atom. The molecule has 0 radical (unpaired) electrons. The minimum atomic E-state index is -2.32. The lowest BCUT2D eigenvalue weighted by atomic mass is 9.69. The maximum atomic E-state index is 12.5. The Hall–Kier alpha value is -3.89. The van der Waals surface area contributed by atoms with Gasteiger partial charge in [-0.15, -0.1) is 0 Å². The van der Waals surface area contributed by atoms with Gasteiger partial charge in [0.25, 0.3) is 0 Å². The molecule has 1 aromatic carbocycles. The highest BCUT2D eigenvalue weighted by molar-refractivity contribution is 6.19. The van der Waals surface area contributed by atoms with Crippen molar-refractivity contribution in [3.8, 4) is 18.2 Å². The smallest absolute Gasteiger partial charge is 0.346 e. The fraction of sp³-hybridized carbons (Fsp3) is 0.0625. The normalized spacial score (nSPS) is 15.4. The molecule has 1 aromatic heterocycles. The number of hydrogen-bond acceptors (Lipinski definition) is 7. The standard InChI is InChI=1S/C16H6N4O3/c17-5-9-13(20)11-12(16(6-18,7-19)14(9)21)8-3-1-2-4-10(8)23-15(11)22/h1-4H,20H2. The van der Waals surface area contributed by atoms with Crippen LogP contribution in [0.25, 0.3) is 16.7 Å². The molecule has 0 saturated carbocycles. The lowest BCUT2D eigenvalue weighted by Crippen LogP contribution is -2.41. The number of rotatable bonds is 0. The number of fused-ring (bicyclic) bond motifs is 3. The Kier molecular flexibility index (Phi) is 2.79. The van der Waals surface area contributed by atoms with Crippen molar-refractivity contribution in [1.29, 1.82) is 15.8 Å². The molecule has 7 nitrogen and oxygen atoms in total. The second kappa shape index (κ2) is 4.56. The van der Waals surface area contributed by atoms with Crippen LogP contribution in [-0.2, 0) is 10.2 Å². The molecule has 3 rings (SSSR count). The van der Waals surface area contributed by atoms with Gasteiger partial charge in [0.15, 0.2) is 0 Å².